The van der Waals surface area contributed by atoms with Crippen molar-refractivity contribution in [3.63, 3.8) is 0 Å². The van der Waals surface area contributed by atoms with Gasteiger partial charge in [0.05, 0.1) is 6.42 Å². The molecule has 0 saturated heterocycles. The first-order valence-corrected chi connectivity index (χ1v) is 10.3. The standard InChI is InChI=1S/C23H22N2O2S/c1-16-4-7-19(8-5-16)23(27)25-11-10-18-9-6-17(13-21(18)25)15-24-22(26)14-20-3-2-12-28-20/h2-9,12-13H,10-11,14-15H2,1H3,(H,24,26). The number of nitrogens with zero attached hydrogens (tertiary/aromatic N) is 1. The highest BCUT2D eigenvalue weighted by Gasteiger charge is 2.25. The summed E-state index contributed by atoms with van der Waals surface area (Å²) in [6.07, 6.45) is 1.26. The van der Waals surface area contributed by atoms with Crippen LogP contribution in [-0.2, 0) is 24.2 Å². The lowest BCUT2D eigenvalue weighted by Gasteiger charge is -2.18. The van der Waals surface area contributed by atoms with Crippen molar-refractivity contribution in [2.75, 3.05) is 11.4 Å². The van der Waals surface area contributed by atoms with Crippen LogP contribution in [0.2, 0.25) is 0 Å². The number of hydrogen-bond donors (Lipinski definition) is 1. The lowest BCUT2D eigenvalue weighted by Crippen LogP contribution is -2.29. The minimum absolute atomic E-state index is 0.00976. The average molecular weight is 391 g/mol. The van der Waals surface area contributed by atoms with Gasteiger partial charge in [-0.25, -0.2) is 0 Å². The van der Waals surface area contributed by atoms with Crippen molar-refractivity contribution in [2.45, 2.75) is 26.3 Å². The Morgan fingerprint density at radius 2 is 1.93 bits per heavy atom. The van der Waals surface area contributed by atoms with Gasteiger partial charge < -0.3 is 10.2 Å². The van der Waals surface area contributed by atoms with Crippen molar-refractivity contribution >= 4 is 28.8 Å². The van der Waals surface area contributed by atoms with Gasteiger partial charge >= 0.3 is 0 Å². The Balaban J connectivity index is 1.45. The van der Waals surface area contributed by atoms with Gasteiger partial charge in [0.15, 0.2) is 0 Å². The number of aryl methyl sites for hydroxylation is 1. The molecule has 28 heavy (non-hydrogen) atoms. The molecule has 1 aliphatic rings. The zero-order valence-electron chi connectivity index (χ0n) is 15.8. The summed E-state index contributed by atoms with van der Waals surface area (Å²) in [5, 5.41) is 4.95. The fraction of sp³-hybridized carbons (Fsp3) is 0.217. The maximum atomic E-state index is 12.9. The highest BCUT2D eigenvalue weighted by molar-refractivity contribution is 7.10. The van der Waals surface area contributed by atoms with Crippen LogP contribution in [0.25, 0.3) is 0 Å². The van der Waals surface area contributed by atoms with E-state index < -0.39 is 0 Å². The maximum absolute atomic E-state index is 12.9. The van der Waals surface area contributed by atoms with Crippen LogP contribution in [0.3, 0.4) is 0 Å². The van der Waals surface area contributed by atoms with Crippen molar-refractivity contribution in [3.05, 3.63) is 87.1 Å². The second kappa shape index (κ2) is 7.98. The normalized spacial score (nSPS) is 12.7. The number of benzene rings is 2. The summed E-state index contributed by atoms with van der Waals surface area (Å²) in [5.41, 5.74) is 4.97. The third kappa shape index (κ3) is 3.99. The second-order valence-electron chi connectivity index (χ2n) is 7.07. The topological polar surface area (TPSA) is 49.4 Å². The molecule has 4 nitrogen and oxygen atoms in total. The van der Waals surface area contributed by atoms with E-state index in [1.807, 2.05) is 65.7 Å². The van der Waals surface area contributed by atoms with E-state index in [4.69, 9.17) is 0 Å². The third-order valence-electron chi connectivity index (χ3n) is 4.99. The minimum atomic E-state index is 0.00976. The summed E-state index contributed by atoms with van der Waals surface area (Å²) in [7, 11) is 0. The van der Waals surface area contributed by atoms with Crippen LogP contribution in [0, 0.1) is 6.92 Å². The monoisotopic (exact) mass is 390 g/mol. The average Bonchev–Trinajstić information content (AvgIpc) is 3.35. The Hall–Kier alpha value is -2.92. The summed E-state index contributed by atoms with van der Waals surface area (Å²) in [6, 6.07) is 17.7. The molecular weight excluding hydrogens is 368 g/mol. The fourth-order valence-corrected chi connectivity index (χ4v) is 4.14. The van der Waals surface area contributed by atoms with Crippen molar-refractivity contribution < 1.29 is 9.59 Å². The van der Waals surface area contributed by atoms with Crippen LogP contribution >= 0.6 is 11.3 Å². The zero-order chi connectivity index (χ0) is 19.5. The van der Waals surface area contributed by atoms with E-state index in [1.165, 1.54) is 5.56 Å². The van der Waals surface area contributed by atoms with E-state index in [1.54, 1.807) is 11.3 Å². The van der Waals surface area contributed by atoms with Crippen LogP contribution in [0.15, 0.2) is 60.0 Å². The highest BCUT2D eigenvalue weighted by Crippen LogP contribution is 2.30. The fourth-order valence-electron chi connectivity index (χ4n) is 3.43. The summed E-state index contributed by atoms with van der Waals surface area (Å²) in [5.74, 6) is 0.0353. The number of rotatable bonds is 5. The van der Waals surface area contributed by atoms with Gasteiger partial charge in [0, 0.05) is 29.2 Å². The van der Waals surface area contributed by atoms with Crippen LogP contribution < -0.4 is 10.2 Å². The summed E-state index contributed by atoms with van der Waals surface area (Å²) in [6.45, 7) is 3.17. The molecule has 0 fully saturated rings. The number of fused-ring (bicyclic) bond motifs is 1. The SMILES string of the molecule is Cc1ccc(C(=O)N2CCc3ccc(CNC(=O)Cc4cccs4)cc32)cc1. The molecule has 0 atom stereocenters. The van der Waals surface area contributed by atoms with Crippen molar-refractivity contribution in [3.8, 4) is 0 Å². The molecular formula is C23H22N2O2S. The first-order valence-electron chi connectivity index (χ1n) is 9.39. The maximum Gasteiger partial charge on any atom is 0.258 e. The van der Waals surface area contributed by atoms with Gasteiger partial charge in [0.1, 0.15) is 0 Å². The van der Waals surface area contributed by atoms with Crippen molar-refractivity contribution in [2.24, 2.45) is 0 Å². The lowest BCUT2D eigenvalue weighted by molar-refractivity contribution is -0.120. The van der Waals surface area contributed by atoms with E-state index in [-0.39, 0.29) is 11.8 Å². The van der Waals surface area contributed by atoms with Crippen LogP contribution in [0.1, 0.15) is 31.9 Å². The molecule has 2 amide bonds. The molecule has 2 heterocycles. The van der Waals surface area contributed by atoms with E-state index >= 15 is 0 Å². The Kier molecular flexibility index (Phi) is 5.26. The molecule has 2 aromatic carbocycles. The Labute approximate surface area is 168 Å². The lowest BCUT2D eigenvalue weighted by atomic mass is 10.1. The molecule has 1 N–H and O–H groups in total. The molecule has 0 aliphatic carbocycles. The number of amides is 2. The molecule has 0 unspecified atom stereocenters. The van der Waals surface area contributed by atoms with E-state index in [9.17, 15) is 9.59 Å². The van der Waals surface area contributed by atoms with Gasteiger partial charge in [-0.15, -0.1) is 11.3 Å². The summed E-state index contributed by atoms with van der Waals surface area (Å²) in [4.78, 5) is 28.0. The second-order valence-corrected chi connectivity index (χ2v) is 8.10. The molecule has 0 radical (unpaired) electrons. The first kappa shape index (κ1) is 18.4. The predicted molar refractivity (Wildman–Crippen MR) is 113 cm³/mol. The van der Waals surface area contributed by atoms with Gasteiger partial charge in [-0.05, 0) is 54.1 Å². The van der Waals surface area contributed by atoms with Gasteiger partial charge in [-0.2, -0.15) is 0 Å². The van der Waals surface area contributed by atoms with Crippen molar-refractivity contribution in [1.29, 1.82) is 0 Å². The zero-order valence-corrected chi connectivity index (χ0v) is 16.6. The van der Waals surface area contributed by atoms with Crippen LogP contribution in [0.5, 0.6) is 0 Å². The van der Waals surface area contributed by atoms with Crippen LogP contribution in [0.4, 0.5) is 5.69 Å². The van der Waals surface area contributed by atoms with E-state index in [0.717, 1.165) is 28.1 Å². The number of nitrogens with one attached hydrogen (secondary N) is 1. The number of thiophene rings is 1. The molecule has 142 valence electrons. The predicted octanol–water partition coefficient (Wildman–Crippen LogP) is 4.12. The molecule has 1 aromatic heterocycles. The minimum Gasteiger partial charge on any atom is -0.352 e. The summed E-state index contributed by atoms with van der Waals surface area (Å²) >= 11 is 1.59. The highest BCUT2D eigenvalue weighted by atomic mass is 32.1. The van der Waals surface area contributed by atoms with Gasteiger partial charge in [-0.3, -0.25) is 9.59 Å². The number of carbonyl (C=O) groups is 2. The molecule has 0 bridgehead atoms. The number of carbonyl (C=O) groups excluding carboxylic acids is 2. The molecule has 4 rings (SSSR count). The number of anilines is 1. The number of hydrogen-bond acceptors (Lipinski definition) is 3. The molecule has 0 saturated carbocycles. The first-order chi connectivity index (χ1) is 13.6. The molecule has 0 spiro atoms. The van der Waals surface area contributed by atoms with Crippen molar-refractivity contribution in [1.82, 2.24) is 5.32 Å². The Bertz CT molecular complexity index is 994. The van der Waals surface area contributed by atoms with Gasteiger partial charge in [0.25, 0.3) is 5.91 Å². The van der Waals surface area contributed by atoms with Gasteiger partial charge in [0.2, 0.25) is 5.91 Å². The largest absolute Gasteiger partial charge is 0.352 e. The quantitative estimate of drug-likeness (QED) is 0.712. The molecule has 5 heteroatoms. The molecule has 1 aliphatic heterocycles. The molecule has 3 aromatic rings. The summed E-state index contributed by atoms with van der Waals surface area (Å²) < 4.78 is 0. The smallest absolute Gasteiger partial charge is 0.258 e. The van der Waals surface area contributed by atoms with E-state index in [2.05, 4.69) is 11.4 Å². The van der Waals surface area contributed by atoms with Crippen LogP contribution in [-0.4, -0.2) is 18.4 Å². The Morgan fingerprint density at radius 1 is 1.11 bits per heavy atom. The van der Waals surface area contributed by atoms with Gasteiger partial charge in [-0.1, -0.05) is 35.9 Å². The Morgan fingerprint density at radius 3 is 2.68 bits per heavy atom. The third-order valence-corrected chi connectivity index (χ3v) is 5.87. The van der Waals surface area contributed by atoms with E-state index in [0.29, 0.717) is 25.1 Å².